The van der Waals surface area contributed by atoms with E-state index < -0.39 is 0 Å². The van der Waals surface area contributed by atoms with E-state index >= 15 is 0 Å². The summed E-state index contributed by atoms with van der Waals surface area (Å²) in [7, 11) is 0. The summed E-state index contributed by atoms with van der Waals surface area (Å²) >= 11 is 0. The first-order valence-corrected chi connectivity index (χ1v) is 4.48. The van der Waals surface area contributed by atoms with Crippen LogP contribution < -0.4 is 0 Å². The van der Waals surface area contributed by atoms with Gasteiger partial charge in [-0.05, 0) is 13.3 Å². The molecule has 0 unspecified atom stereocenters. The fourth-order valence-electron chi connectivity index (χ4n) is 2.14. The van der Waals surface area contributed by atoms with Crippen LogP contribution in [0.2, 0.25) is 0 Å². The molecule has 2 rings (SSSR count). The molecule has 0 aromatic rings. The molecule has 2 fully saturated rings. The van der Waals surface area contributed by atoms with Crippen LogP contribution in [-0.2, 0) is 14.3 Å². The Balaban J connectivity index is 1.97. The van der Waals surface area contributed by atoms with Gasteiger partial charge in [0.1, 0.15) is 0 Å². The number of fused-ring (bicyclic) bond motifs is 1. The monoisotopic (exact) mass is 170 g/mol. The standard InChI is InChI=1S/C9H14O3/c1-3-11-8(10)6-7-9(6,2)4-5-12-7/h6-7H,3-5H2,1-2H3/t6-,7+,9-/m0/s1. The van der Waals surface area contributed by atoms with E-state index in [1.54, 1.807) is 0 Å². The summed E-state index contributed by atoms with van der Waals surface area (Å²) in [6.45, 7) is 5.21. The second kappa shape index (κ2) is 2.46. The summed E-state index contributed by atoms with van der Waals surface area (Å²) in [6, 6.07) is 0. The number of ether oxygens (including phenoxy) is 2. The zero-order chi connectivity index (χ0) is 8.77. The third-order valence-corrected chi connectivity index (χ3v) is 3.03. The molecule has 3 heteroatoms. The van der Waals surface area contributed by atoms with Crippen LogP contribution in [0.4, 0.5) is 0 Å². The predicted molar refractivity (Wildman–Crippen MR) is 42.6 cm³/mol. The average Bonchev–Trinajstić information content (AvgIpc) is 2.40. The van der Waals surface area contributed by atoms with Gasteiger partial charge in [0.25, 0.3) is 0 Å². The Morgan fingerprint density at radius 2 is 2.50 bits per heavy atom. The Morgan fingerprint density at radius 3 is 3.00 bits per heavy atom. The molecule has 0 N–H and O–H groups in total. The van der Waals surface area contributed by atoms with E-state index in [0.29, 0.717) is 6.61 Å². The molecule has 1 saturated carbocycles. The SMILES string of the molecule is CCOC(=O)[C@@H]1[C@H]2OCC[C@]21C. The van der Waals surface area contributed by atoms with E-state index in [2.05, 4.69) is 6.92 Å². The van der Waals surface area contributed by atoms with Gasteiger partial charge in [0.05, 0.1) is 18.6 Å². The van der Waals surface area contributed by atoms with Gasteiger partial charge in [0.15, 0.2) is 0 Å². The minimum absolute atomic E-state index is 0.0196. The molecular weight excluding hydrogens is 156 g/mol. The van der Waals surface area contributed by atoms with Gasteiger partial charge in [0.2, 0.25) is 0 Å². The lowest BCUT2D eigenvalue weighted by Gasteiger charge is -2.06. The van der Waals surface area contributed by atoms with Gasteiger partial charge >= 0.3 is 5.97 Å². The molecule has 1 aliphatic carbocycles. The van der Waals surface area contributed by atoms with E-state index in [4.69, 9.17) is 9.47 Å². The maximum Gasteiger partial charge on any atom is 0.312 e. The minimum atomic E-state index is -0.0790. The summed E-state index contributed by atoms with van der Waals surface area (Å²) in [5.41, 5.74) is 0.103. The van der Waals surface area contributed by atoms with Crippen LogP contribution in [0.5, 0.6) is 0 Å². The highest BCUT2D eigenvalue weighted by Gasteiger charge is 2.69. The Hall–Kier alpha value is -0.570. The van der Waals surface area contributed by atoms with Crippen molar-refractivity contribution < 1.29 is 14.3 Å². The molecule has 0 aromatic heterocycles. The van der Waals surface area contributed by atoms with Crippen LogP contribution >= 0.6 is 0 Å². The van der Waals surface area contributed by atoms with Crippen molar-refractivity contribution in [1.29, 1.82) is 0 Å². The molecule has 1 heterocycles. The third kappa shape index (κ3) is 0.891. The number of carbonyl (C=O) groups is 1. The molecule has 1 aliphatic heterocycles. The Kier molecular flexibility index (Phi) is 1.65. The number of esters is 1. The fourth-order valence-corrected chi connectivity index (χ4v) is 2.14. The summed E-state index contributed by atoms with van der Waals surface area (Å²) < 4.78 is 10.4. The fraction of sp³-hybridized carbons (Fsp3) is 0.889. The Bertz CT molecular complexity index is 214. The molecule has 3 nitrogen and oxygen atoms in total. The highest BCUT2D eigenvalue weighted by atomic mass is 16.5. The van der Waals surface area contributed by atoms with Gasteiger partial charge < -0.3 is 9.47 Å². The van der Waals surface area contributed by atoms with Crippen molar-refractivity contribution in [3.63, 3.8) is 0 Å². The second-order valence-corrected chi connectivity index (χ2v) is 3.78. The first-order valence-electron chi connectivity index (χ1n) is 4.48. The number of hydrogen-bond acceptors (Lipinski definition) is 3. The minimum Gasteiger partial charge on any atom is -0.466 e. The Labute approximate surface area is 72.0 Å². The maximum atomic E-state index is 11.3. The molecule has 3 atom stereocenters. The van der Waals surface area contributed by atoms with E-state index in [1.807, 2.05) is 6.92 Å². The van der Waals surface area contributed by atoms with Gasteiger partial charge in [0, 0.05) is 12.0 Å². The lowest BCUT2D eigenvalue weighted by atomic mass is 10.0. The van der Waals surface area contributed by atoms with Gasteiger partial charge in [-0.15, -0.1) is 0 Å². The van der Waals surface area contributed by atoms with Crippen LogP contribution in [0.25, 0.3) is 0 Å². The molecule has 68 valence electrons. The van der Waals surface area contributed by atoms with Gasteiger partial charge in [-0.1, -0.05) is 6.92 Å². The molecule has 2 aliphatic rings. The number of rotatable bonds is 2. The molecule has 0 spiro atoms. The molecule has 0 radical (unpaired) electrons. The third-order valence-electron chi connectivity index (χ3n) is 3.03. The van der Waals surface area contributed by atoms with E-state index in [1.165, 1.54) is 0 Å². The maximum absolute atomic E-state index is 11.3. The average molecular weight is 170 g/mol. The smallest absolute Gasteiger partial charge is 0.312 e. The van der Waals surface area contributed by atoms with Crippen molar-refractivity contribution >= 4 is 5.97 Å². The second-order valence-electron chi connectivity index (χ2n) is 3.78. The van der Waals surface area contributed by atoms with Gasteiger partial charge in [-0.3, -0.25) is 4.79 Å². The van der Waals surface area contributed by atoms with Crippen molar-refractivity contribution in [2.75, 3.05) is 13.2 Å². The normalized spacial score (nSPS) is 43.8. The van der Waals surface area contributed by atoms with Crippen LogP contribution in [0.15, 0.2) is 0 Å². The zero-order valence-electron chi connectivity index (χ0n) is 7.50. The van der Waals surface area contributed by atoms with E-state index in [9.17, 15) is 4.79 Å². The summed E-state index contributed by atoms with van der Waals surface area (Å²) in [5, 5.41) is 0. The van der Waals surface area contributed by atoms with Crippen molar-refractivity contribution in [3.05, 3.63) is 0 Å². The van der Waals surface area contributed by atoms with E-state index in [0.717, 1.165) is 13.0 Å². The van der Waals surface area contributed by atoms with Crippen LogP contribution in [0, 0.1) is 11.3 Å². The van der Waals surface area contributed by atoms with Crippen LogP contribution in [0.1, 0.15) is 20.3 Å². The zero-order valence-corrected chi connectivity index (χ0v) is 7.50. The first kappa shape index (κ1) is 8.05. The molecule has 1 saturated heterocycles. The van der Waals surface area contributed by atoms with Crippen molar-refractivity contribution in [2.24, 2.45) is 11.3 Å². The lowest BCUT2D eigenvalue weighted by Crippen LogP contribution is -2.14. The topological polar surface area (TPSA) is 35.5 Å². The Morgan fingerprint density at radius 1 is 1.75 bits per heavy atom. The van der Waals surface area contributed by atoms with Crippen molar-refractivity contribution in [2.45, 2.75) is 26.4 Å². The van der Waals surface area contributed by atoms with E-state index in [-0.39, 0.29) is 23.4 Å². The van der Waals surface area contributed by atoms with Gasteiger partial charge in [-0.2, -0.15) is 0 Å². The van der Waals surface area contributed by atoms with Crippen LogP contribution in [-0.4, -0.2) is 25.3 Å². The number of hydrogen-bond donors (Lipinski definition) is 0. The predicted octanol–water partition coefficient (Wildman–Crippen LogP) is 0.974. The summed E-state index contributed by atoms with van der Waals surface area (Å²) in [6.07, 6.45) is 1.15. The summed E-state index contributed by atoms with van der Waals surface area (Å²) in [4.78, 5) is 11.3. The number of carbonyl (C=O) groups excluding carboxylic acids is 1. The molecule has 0 bridgehead atoms. The largest absolute Gasteiger partial charge is 0.466 e. The highest BCUT2D eigenvalue weighted by Crippen LogP contribution is 2.61. The van der Waals surface area contributed by atoms with Crippen molar-refractivity contribution in [1.82, 2.24) is 0 Å². The van der Waals surface area contributed by atoms with Gasteiger partial charge in [-0.25, -0.2) is 0 Å². The highest BCUT2D eigenvalue weighted by molar-refractivity contribution is 5.78. The molecule has 0 amide bonds. The quantitative estimate of drug-likeness (QED) is 0.579. The van der Waals surface area contributed by atoms with Crippen molar-refractivity contribution in [3.8, 4) is 0 Å². The van der Waals surface area contributed by atoms with Crippen LogP contribution in [0.3, 0.4) is 0 Å². The molecule has 0 aromatic carbocycles. The summed E-state index contributed by atoms with van der Waals surface area (Å²) in [5.74, 6) is -0.0594. The lowest BCUT2D eigenvalue weighted by molar-refractivity contribution is -0.147. The first-order chi connectivity index (χ1) is 5.70. The molecule has 12 heavy (non-hydrogen) atoms. The molecular formula is C9H14O3.